The number of carbonyl (C=O) groups is 2. The highest BCUT2D eigenvalue weighted by Crippen LogP contribution is 2.26. The molecule has 0 radical (unpaired) electrons. The standard InChI is InChI=1S/C21H26N4O4/c26-18-14-15(21(29)23-10-7-16-5-1-3-9-22-16)13-17(18)24-19(27)8-12-25-11-4-2-6-20(25)28/h1-6,9,11,15,17-18,26H,7-8,10,12-14H2,(H,23,29)(H,24,27)/t15-,17+,18+/m0/s1. The Kier molecular flexibility index (Phi) is 7.13. The summed E-state index contributed by atoms with van der Waals surface area (Å²) in [5.74, 6) is -0.704. The topological polar surface area (TPSA) is 113 Å². The van der Waals surface area contributed by atoms with Gasteiger partial charge in [0, 0.05) is 56.0 Å². The van der Waals surface area contributed by atoms with Gasteiger partial charge in [0.15, 0.2) is 0 Å². The summed E-state index contributed by atoms with van der Waals surface area (Å²) in [4.78, 5) is 40.4. The Bertz CT molecular complexity index is 884. The van der Waals surface area contributed by atoms with Crippen LogP contribution in [0.2, 0.25) is 0 Å². The summed E-state index contributed by atoms with van der Waals surface area (Å²) in [5, 5.41) is 15.9. The number of aromatic nitrogens is 2. The number of aliphatic hydroxyl groups is 1. The van der Waals surface area contributed by atoms with Crippen molar-refractivity contribution in [1.82, 2.24) is 20.2 Å². The Labute approximate surface area is 169 Å². The van der Waals surface area contributed by atoms with Crippen LogP contribution in [0.15, 0.2) is 53.6 Å². The van der Waals surface area contributed by atoms with Crippen molar-refractivity contribution in [2.75, 3.05) is 6.54 Å². The fourth-order valence-corrected chi connectivity index (χ4v) is 3.54. The minimum atomic E-state index is -0.759. The van der Waals surface area contributed by atoms with Crippen LogP contribution < -0.4 is 16.2 Å². The summed E-state index contributed by atoms with van der Waals surface area (Å²) in [6, 6.07) is 10.0. The van der Waals surface area contributed by atoms with Crippen LogP contribution in [-0.2, 0) is 22.6 Å². The van der Waals surface area contributed by atoms with Crippen molar-refractivity contribution in [3.05, 3.63) is 64.8 Å². The Morgan fingerprint density at radius 2 is 2.00 bits per heavy atom. The number of pyridine rings is 2. The smallest absolute Gasteiger partial charge is 0.250 e. The quantitative estimate of drug-likeness (QED) is 0.590. The number of carbonyl (C=O) groups excluding carboxylic acids is 2. The van der Waals surface area contributed by atoms with Crippen LogP contribution in [0.1, 0.15) is 25.0 Å². The van der Waals surface area contributed by atoms with E-state index in [1.165, 1.54) is 10.6 Å². The normalized spacial score (nSPS) is 20.9. The third-order valence-corrected chi connectivity index (χ3v) is 5.13. The average molecular weight is 398 g/mol. The zero-order valence-corrected chi connectivity index (χ0v) is 16.2. The fourth-order valence-electron chi connectivity index (χ4n) is 3.54. The number of rotatable bonds is 8. The van der Waals surface area contributed by atoms with E-state index in [4.69, 9.17) is 0 Å². The molecule has 0 aliphatic heterocycles. The lowest BCUT2D eigenvalue weighted by molar-refractivity contribution is -0.125. The molecule has 2 heterocycles. The highest BCUT2D eigenvalue weighted by Gasteiger charge is 2.37. The van der Waals surface area contributed by atoms with Crippen LogP contribution in [0.25, 0.3) is 0 Å². The van der Waals surface area contributed by atoms with Crippen molar-refractivity contribution in [3.8, 4) is 0 Å². The maximum atomic E-state index is 12.4. The largest absolute Gasteiger partial charge is 0.391 e. The number of aryl methyl sites for hydroxylation is 1. The third kappa shape index (κ3) is 5.99. The summed E-state index contributed by atoms with van der Waals surface area (Å²) >= 11 is 0. The lowest BCUT2D eigenvalue weighted by atomic mass is 10.1. The molecule has 0 spiro atoms. The zero-order chi connectivity index (χ0) is 20.6. The first-order chi connectivity index (χ1) is 14.0. The molecule has 1 fully saturated rings. The molecule has 1 saturated carbocycles. The predicted octanol–water partition coefficient (Wildman–Crippen LogP) is 0.248. The second-order valence-corrected chi connectivity index (χ2v) is 7.25. The van der Waals surface area contributed by atoms with E-state index in [9.17, 15) is 19.5 Å². The average Bonchev–Trinajstić information content (AvgIpc) is 3.08. The first kappa shape index (κ1) is 20.7. The molecule has 3 rings (SSSR count). The van der Waals surface area contributed by atoms with Gasteiger partial charge in [-0.2, -0.15) is 0 Å². The third-order valence-electron chi connectivity index (χ3n) is 5.13. The molecule has 1 aliphatic carbocycles. The molecule has 3 atom stereocenters. The van der Waals surface area contributed by atoms with E-state index in [1.54, 1.807) is 24.5 Å². The van der Waals surface area contributed by atoms with Gasteiger partial charge in [-0.1, -0.05) is 12.1 Å². The van der Waals surface area contributed by atoms with Crippen LogP contribution in [0, 0.1) is 5.92 Å². The van der Waals surface area contributed by atoms with Crippen molar-refractivity contribution in [3.63, 3.8) is 0 Å². The van der Waals surface area contributed by atoms with E-state index in [-0.39, 0.29) is 36.3 Å². The Morgan fingerprint density at radius 1 is 1.17 bits per heavy atom. The van der Waals surface area contributed by atoms with Gasteiger partial charge in [0.05, 0.1) is 12.1 Å². The SMILES string of the molecule is O=C(CCn1ccccc1=O)N[C@@H]1C[C@H](C(=O)NCCc2ccccn2)C[C@H]1O. The number of hydrogen-bond donors (Lipinski definition) is 3. The summed E-state index contributed by atoms with van der Waals surface area (Å²) in [6.45, 7) is 0.747. The van der Waals surface area contributed by atoms with Crippen molar-refractivity contribution in [2.24, 2.45) is 5.92 Å². The van der Waals surface area contributed by atoms with Gasteiger partial charge in [0.25, 0.3) is 5.56 Å². The van der Waals surface area contributed by atoms with Gasteiger partial charge in [0.1, 0.15) is 0 Å². The van der Waals surface area contributed by atoms with Gasteiger partial charge in [-0.15, -0.1) is 0 Å². The van der Waals surface area contributed by atoms with Crippen LogP contribution in [0.5, 0.6) is 0 Å². The highest BCUT2D eigenvalue weighted by molar-refractivity contribution is 5.80. The van der Waals surface area contributed by atoms with E-state index < -0.39 is 12.1 Å². The van der Waals surface area contributed by atoms with Crippen molar-refractivity contribution < 1.29 is 14.7 Å². The molecule has 8 heteroatoms. The van der Waals surface area contributed by atoms with Crippen LogP contribution in [0.4, 0.5) is 0 Å². The maximum absolute atomic E-state index is 12.4. The van der Waals surface area contributed by atoms with E-state index in [1.807, 2.05) is 18.2 Å². The molecule has 154 valence electrons. The van der Waals surface area contributed by atoms with Gasteiger partial charge in [-0.25, -0.2) is 0 Å². The summed E-state index contributed by atoms with van der Waals surface area (Å²) < 4.78 is 1.46. The van der Waals surface area contributed by atoms with Crippen molar-refractivity contribution in [2.45, 2.75) is 44.4 Å². The second kappa shape index (κ2) is 9.97. The van der Waals surface area contributed by atoms with Crippen molar-refractivity contribution in [1.29, 1.82) is 0 Å². The first-order valence-corrected chi connectivity index (χ1v) is 9.83. The summed E-state index contributed by atoms with van der Waals surface area (Å²) in [6.07, 6.45) is 4.07. The number of hydrogen-bond acceptors (Lipinski definition) is 5. The molecule has 2 aromatic heterocycles. The lowest BCUT2D eigenvalue weighted by Gasteiger charge is -2.16. The fraction of sp³-hybridized carbons (Fsp3) is 0.429. The molecule has 2 amide bonds. The number of amides is 2. The lowest BCUT2D eigenvalue weighted by Crippen LogP contribution is -2.40. The molecular weight excluding hydrogens is 372 g/mol. The molecule has 29 heavy (non-hydrogen) atoms. The van der Waals surface area contributed by atoms with Gasteiger partial charge in [0.2, 0.25) is 11.8 Å². The Balaban J connectivity index is 1.41. The minimum absolute atomic E-state index is 0.118. The van der Waals surface area contributed by atoms with E-state index in [2.05, 4.69) is 15.6 Å². The number of nitrogens with zero attached hydrogens (tertiary/aromatic N) is 2. The Morgan fingerprint density at radius 3 is 2.76 bits per heavy atom. The second-order valence-electron chi connectivity index (χ2n) is 7.25. The molecule has 1 aliphatic rings. The molecule has 3 N–H and O–H groups in total. The maximum Gasteiger partial charge on any atom is 0.250 e. The van der Waals surface area contributed by atoms with Gasteiger partial charge >= 0.3 is 0 Å². The molecule has 2 aromatic rings. The van der Waals surface area contributed by atoms with Gasteiger partial charge in [-0.3, -0.25) is 19.4 Å². The predicted molar refractivity (Wildman–Crippen MR) is 107 cm³/mol. The monoisotopic (exact) mass is 398 g/mol. The zero-order valence-electron chi connectivity index (χ0n) is 16.2. The molecular formula is C21H26N4O4. The molecule has 8 nitrogen and oxygen atoms in total. The van der Waals surface area contributed by atoms with Crippen LogP contribution >= 0.6 is 0 Å². The highest BCUT2D eigenvalue weighted by atomic mass is 16.3. The minimum Gasteiger partial charge on any atom is -0.391 e. The molecule has 0 saturated heterocycles. The van der Waals surface area contributed by atoms with E-state index >= 15 is 0 Å². The van der Waals surface area contributed by atoms with Crippen LogP contribution in [0.3, 0.4) is 0 Å². The van der Waals surface area contributed by atoms with Gasteiger partial charge in [-0.05, 0) is 31.0 Å². The summed E-state index contributed by atoms with van der Waals surface area (Å²) in [5.41, 5.74) is 0.741. The number of aliphatic hydroxyl groups excluding tert-OH is 1. The van der Waals surface area contributed by atoms with Crippen molar-refractivity contribution >= 4 is 11.8 Å². The Hall–Kier alpha value is -3.00. The van der Waals surface area contributed by atoms with Gasteiger partial charge < -0.3 is 20.3 Å². The first-order valence-electron chi connectivity index (χ1n) is 9.83. The van der Waals surface area contributed by atoms with E-state index in [0.717, 1.165) is 5.69 Å². The number of nitrogens with one attached hydrogen (secondary N) is 2. The van der Waals surface area contributed by atoms with Crippen LogP contribution in [-0.4, -0.2) is 45.2 Å². The molecule has 0 aromatic carbocycles. The molecule has 0 bridgehead atoms. The van der Waals surface area contributed by atoms with E-state index in [0.29, 0.717) is 25.8 Å². The molecule has 0 unspecified atom stereocenters. The summed E-state index contributed by atoms with van der Waals surface area (Å²) in [7, 11) is 0.